The van der Waals surface area contributed by atoms with Gasteiger partial charge in [-0.15, -0.1) is 5.10 Å². The maximum Gasteiger partial charge on any atom is 0.241 e. The van der Waals surface area contributed by atoms with E-state index in [4.69, 9.17) is 4.98 Å². The number of rotatable bonds is 5. The van der Waals surface area contributed by atoms with E-state index in [1.165, 1.54) is 19.3 Å². The zero-order chi connectivity index (χ0) is 18.1. The van der Waals surface area contributed by atoms with Gasteiger partial charge in [-0.05, 0) is 57.7 Å². The highest BCUT2D eigenvalue weighted by molar-refractivity contribution is 5.83. The zero-order valence-electron chi connectivity index (χ0n) is 15.5. The minimum absolute atomic E-state index is 0.679. The van der Waals surface area contributed by atoms with Gasteiger partial charge >= 0.3 is 0 Å². The number of aliphatic imine (C=N–C) groups is 1. The first-order valence-electron chi connectivity index (χ1n) is 9.18. The van der Waals surface area contributed by atoms with E-state index in [-0.39, 0.29) is 0 Å². The number of aromatic nitrogens is 4. The summed E-state index contributed by atoms with van der Waals surface area (Å²) in [5.41, 5.74) is 5.75. The van der Waals surface area contributed by atoms with E-state index in [0.29, 0.717) is 5.95 Å². The molecule has 1 fully saturated rings. The van der Waals surface area contributed by atoms with E-state index in [9.17, 15) is 0 Å². The van der Waals surface area contributed by atoms with Gasteiger partial charge < -0.3 is 5.32 Å². The molecule has 3 aromatic rings. The van der Waals surface area contributed by atoms with Crippen molar-refractivity contribution in [1.29, 1.82) is 0 Å². The molecule has 6 heteroatoms. The van der Waals surface area contributed by atoms with Gasteiger partial charge in [-0.3, -0.25) is 9.98 Å². The molecule has 0 atom stereocenters. The Morgan fingerprint density at radius 1 is 1.27 bits per heavy atom. The number of nitrogens with zero attached hydrogens (tertiary/aromatic N) is 5. The molecular weight excluding hydrogens is 324 g/mol. The predicted octanol–water partition coefficient (Wildman–Crippen LogP) is 4.42. The van der Waals surface area contributed by atoms with Crippen molar-refractivity contribution in [1.82, 2.24) is 19.6 Å². The number of fused-ring (bicyclic) bond motifs is 1. The van der Waals surface area contributed by atoms with Crippen molar-refractivity contribution in [3.63, 3.8) is 0 Å². The van der Waals surface area contributed by atoms with Crippen LogP contribution in [0.15, 0.2) is 35.6 Å². The van der Waals surface area contributed by atoms with Gasteiger partial charge in [-0.2, -0.15) is 0 Å². The second-order valence-electron chi connectivity index (χ2n) is 7.18. The van der Waals surface area contributed by atoms with Crippen molar-refractivity contribution in [3.05, 3.63) is 36.3 Å². The lowest BCUT2D eigenvalue weighted by atomic mass is 9.85. The SMILES string of the molecule is CC(C)=Nc1ccc(-c2ccn3nc(NCC4CCC4)ncc23)nc1C. The molecule has 1 aliphatic rings. The Morgan fingerprint density at radius 3 is 2.81 bits per heavy atom. The third kappa shape index (κ3) is 3.31. The maximum atomic E-state index is 4.73. The van der Waals surface area contributed by atoms with Crippen LogP contribution in [0.2, 0.25) is 0 Å². The second-order valence-corrected chi connectivity index (χ2v) is 7.18. The minimum Gasteiger partial charge on any atom is -0.353 e. The molecule has 1 aliphatic carbocycles. The van der Waals surface area contributed by atoms with Crippen LogP contribution in [0.25, 0.3) is 16.8 Å². The molecule has 0 bridgehead atoms. The number of aryl methyl sites for hydroxylation is 1. The average Bonchev–Trinajstić information content (AvgIpc) is 2.98. The van der Waals surface area contributed by atoms with Crippen molar-refractivity contribution >= 4 is 22.9 Å². The number of hydrogen-bond donors (Lipinski definition) is 1. The molecule has 0 radical (unpaired) electrons. The monoisotopic (exact) mass is 348 g/mol. The van der Waals surface area contributed by atoms with Crippen LogP contribution in [0, 0.1) is 12.8 Å². The van der Waals surface area contributed by atoms with Gasteiger partial charge in [-0.1, -0.05) is 6.42 Å². The summed E-state index contributed by atoms with van der Waals surface area (Å²) >= 11 is 0. The molecule has 26 heavy (non-hydrogen) atoms. The fourth-order valence-corrected chi connectivity index (χ4v) is 3.19. The molecule has 0 spiro atoms. The molecule has 134 valence electrons. The van der Waals surface area contributed by atoms with Crippen LogP contribution in [0.3, 0.4) is 0 Å². The third-order valence-electron chi connectivity index (χ3n) is 4.87. The summed E-state index contributed by atoms with van der Waals surface area (Å²) < 4.78 is 1.87. The molecule has 1 saturated carbocycles. The van der Waals surface area contributed by atoms with Gasteiger partial charge in [0.15, 0.2) is 0 Å². The van der Waals surface area contributed by atoms with Gasteiger partial charge in [0, 0.05) is 24.0 Å². The van der Waals surface area contributed by atoms with Gasteiger partial charge in [0.25, 0.3) is 0 Å². The molecule has 6 nitrogen and oxygen atoms in total. The summed E-state index contributed by atoms with van der Waals surface area (Å²) in [6.45, 7) is 6.92. The fourth-order valence-electron chi connectivity index (χ4n) is 3.19. The Labute approximate surface area is 153 Å². The van der Waals surface area contributed by atoms with Crippen molar-refractivity contribution in [2.24, 2.45) is 10.9 Å². The molecule has 4 rings (SSSR count). The van der Waals surface area contributed by atoms with Gasteiger partial charge in [0.1, 0.15) is 0 Å². The molecule has 3 aromatic heterocycles. The van der Waals surface area contributed by atoms with Crippen molar-refractivity contribution in [2.45, 2.75) is 40.0 Å². The van der Waals surface area contributed by atoms with Crippen LogP contribution < -0.4 is 5.32 Å². The van der Waals surface area contributed by atoms with Crippen LogP contribution in [0.1, 0.15) is 38.8 Å². The number of pyridine rings is 1. The third-order valence-corrected chi connectivity index (χ3v) is 4.87. The maximum absolute atomic E-state index is 4.73. The molecule has 0 amide bonds. The summed E-state index contributed by atoms with van der Waals surface area (Å²) in [5.74, 6) is 1.45. The number of hydrogen-bond acceptors (Lipinski definition) is 5. The molecular formula is C20H24N6. The van der Waals surface area contributed by atoms with E-state index in [1.807, 2.05) is 55.9 Å². The average molecular weight is 348 g/mol. The predicted molar refractivity (Wildman–Crippen MR) is 105 cm³/mol. The quantitative estimate of drug-likeness (QED) is 0.693. The summed E-state index contributed by atoms with van der Waals surface area (Å²) in [7, 11) is 0. The first kappa shape index (κ1) is 16.7. The lowest BCUT2D eigenvalue weighted by Crippen LogP contribution is -2.22. The summed E-state index contributed by atoms with van der Waals surface area (Å²) in [6, 6.07) is 6.06. The Morgan fingerprint density at radius 2 is 2.12 bits per heavy atom. The largest absolute Gasteiger partial charge is 0.353 e. The van der Waals surface area contributed by atoms with Crippen LogP contribution in [-0.4, -0.2) is 31.8 Å². The standard InChI is InChI=1S/C20H24N6/c1-13(2)23-17-7-8-18(24-14(17)3)16-9-10-26-19(16)12-22-20(25-26)21-11-15-5-4-6-15/h7-10,12,15H,4-6,11H2,1-3H3,(H,21,25). The fraction of sp³-hybridized carbons (Fsp3) is 0.400. The second kappa shape index (κ2) is 6.86. The van der Waals surface area contributed by atoms with Crippen LogP contribution in [0.4, 0.5) is 11.6 Å². The minimum atomic E-state index is 0.679. The van der Waals surface area contributed by atoms with Gasteiger partial charge in [0.2, 0.25) is 5.95 Å². The summed E-state index contributed by atoms with van der Waals surface area (Å²) in [6.07, 6.45) is 7.80. The highest BCUT2D eigenvalue weighted by atomic mass is 15.3. The molecule has 0 unspecified atom stereocenters. The Balaban J connectivity index is 1.60. The van der Waals surface area contributed by atoms with Crippen molar-refractivity contribution in [2.75, 3.05) is 11.9 Å². The Hall–Kier alpha value is -2.76. The lowest BCUT2D eigenvalue weighted by Gasteiger charge is -2.25. The van der Waals surface area contributed by atoms with E-state index in [0.717, 1.165) is 46.3 Å². The molecule has 1 N–H and O–H groups in total. The van der Waals surface area contributed by atoms with E-state index >= 15 is 0 Å². The Bertz CT molecular complexity index is 964. The van der Waals surface area contributed by atoms with Crippen molar-refractivity contribution in [3.8, 4) is 11.3 Å². The highest BCUT2D eigenvalue weighted by Gasteiger charge is 2.17. The van der Waals surface area contributed by atoms with E-state index in [2.05, 4.69) is 20.4 Å². The first-order valence-corrected chi connectivity index (χ1v) is 9.18. The zero-order valence-corrected chi connectivity index (χ0v) is 15.5. The van der Waals surface area contributed by atoms with Gasteiger partial charge in [0.05, 0.1) is 28.8 Å². The van der Waals surface area contributed by atoms with E-state index in [1.54, 1.807) is 0 Å². The lowest BCUT2D eigenvalue weighted by molar-refractivity contribution is 0.333. The Kier molecular flexibility index (Phi) is 4.41. The topological polar surface area (TPSA) is 67.5 Å². The summed E-state index contributed by atoms with van der Waals surface area (Å²) in [4.78, 5) is 13.7. The smallest absolute Gasteiger partial charge is 0.241 e. The van der Waals surface area contributed by atoms with Crippen LogP contribution >= 0.6 is 0 Å². The molecule has 3 heterocycles. The molecule has 0 aliphatic heterocycles. The van der Waals surface area contributed by atoms with Crippen LogP contribution in [0.5, 0.6) is 0 Å². The normalized spacial score (nSPS) is 14.3. The van der Waals surface area contributed by atoms with Crippen LogP contribution in [-0.2, 0) is 0 Å². The van der Waals surface area contributed by atoms with Crippen molar-refractivity contribution < 1.29 is 0 Å². The summed E-state index contributed by atoms with van der Waals surface area (Å²) in [5, 5.41) is 7.92. The van der Waals surface area contributed by atoms with Gasteiger partial charge in [-0.25, -0.2) is 9.50 Å². The highest BCUT2D eigenvalue weighted by Crippen LogP contribution is 2.28. The number of anilines is 1. The van der Waals surface area contributed by atoms with E-state index < -0.39 is 0 Å². The molecule has 0 aromatic carbocycles. The number of nitrogens with one attached hydrogen (secondary N) is 1. The molecule has 0 saturated heterocycles. The first-order chi connectivity index (χ1) is 12.6.